The van der Waals surface area contributed by atoms with Crippen molar-refractivity contribution in [1.82, 2.24) is 10.6 Å². The first-order valence-corrected chi connectivity index (χ1v) is 10.6. The van der Waals surface area contributed by atoms with Crippen LogP contribution in [0.3, 0.4) is 0 Å². The van der Waals surface area contributed by atoms with Crippen LogP contribution in [-0.2, 0) is 16.0 Å². The number of aliphatic hydroxyl groups excluding tert-OH is 1. The van der Waals surface area contributed by atoms with Crippen LogP contribution in [0.1, 0.15) is 33.1 Å². The number of nitrogens with two attached hydrogens (primary N) is 1. The molecule has 3 atom stereocenters. The number of hydrogen-bond donors (Lipinski definition) is 4. The fraction of sp³-hybridized carbons (Fsp3) is 0.154. The minimum atomic E-state index is -1.72. The first-order valence-electron chi connectivity index (χ1n) is 10.6. The molecule has 0 radical (unpaired) electrons. The van der Waals surface area contributed by atoms with Gasteiger partial charge in [0.25, 0.3) is 11.8 Å². The highest BCUT2D eigenvalue weighted by Crippen LogP contribution is 2.19. The molecule has 3 aromatic carbocycles. The summed E-state index contributed by atoms with van der Waals surface area (Å²) in [7, 11) is 0. The molecule has 0 aliphatic carbocycles. The number of primary amides is 1. The minimum Gasteiger partial charge on any atom is -0.381 e. The molecule has 0 heterocycles. The predicted octanol–water partition coefficient (Wildman–Crippen LogP) is 1.60. The molecule has 0 bridgehead atoms. The van der Waals surface area contributed by atoms with E-state index in [2.05, 4.69) is 10.6 Å². The van der Waals surface area contributed by atoms with Crippen molar-refractivity contribution in [2.24, 2.45) is 5.73 Å². The van der Waals surface area contributed by atoms with E-state index in [1.165, 1.54) is 0 Å². The Hall–Kier alpha value is -4.48. The summed E-state index contributed by atoms with van der Waals surface area (Å²) in [4.78, 5) is 37.7. The number of rotatable bonds is 9. The number of carbonyl (C=O) groups excluding carboxylic acids is 3. The molecule has 3 aromatic rings. The molecule has 0 spiro atoms. The zero-order valence-electron chi connectivity index (χ0n) is 18.2. The van der Waals surface area contributed by atoms with Crippen molar-refractivity contribution in [3.05, 3.63) is 107 Å². The molecule has 8 nitrogen and oxygen atoms in total. The number of hydrogen-bond acceptors (Lipinski definition) is 5. The van der Waals surface area contributed by atoms with Crippen molar-refractivity contribution in [3.8, 4) is 6.07 Å². The second-order valence-corrected chi connectivity index (χ2v) is 7.61. The number of benzene rings is 3. The van der Waals surface area contributed by atoms with Gasteiger partial charge in [-0.15, -0.1) is 0 Å². The van der Waals surface area contributed by atoms with Gasteiger partial charge >= 0.3 is 0 Å². The SMILES string of the molecule is N#Cc1ccccc1C[C@@H](NC(=O)[C@H](O)[C@@H](NC(=O)c1ccccc1)c1ccccc1)C(N)=O. The van der Waals surface area contributed by atoms with Gasteiger partial charge in [-0.05, 0) is 29.3 Å². The molecular formula is C26H24N4O4. The summed E-state index contributed by atoms with van der Waals surface area (Å²) in [5.41, 5.74) is 7.22. The minimum absolute atomic E-state index is 0.0239. The Labute approximate surface area is 197 Å². The van der Waals surface area contributed by atoms with Gasteiger partial charge in [0.2, 0.25) is 5.91 Å². The van der Waals surface area contributed by atoms with Gasteiger partial charge in [-0.1, -0.05) is 66.7 Å². The summed E-state index contributed by atoms with van der Waals surface area (Å²) >= 11 is 0. The Bertz CT molecular complexity index is 1190. The first-order chi connectivity index (χ1) is 16.4. The number of amides is 3. The van der Waals surface area contributed by atoms with E-state index < -0.39 is 35.9 Å². The maximum Gasteiger partial charge on any atom is 0.252 e. The molecule has 5 N–H and O–H groups in total. The van der Waals surface area contributed by atoms with Crippen molar-refractivity contribution in [3.63, 3.8) is 0 Å². The highest BCUT2D eigenvalue weighted by molar-refractivity contribution is 5.95. The van der Waals surface area contributed by atoms with Gasteiger partial charge in [-0.2, -0.15) is 5.26 Å². The number of nitrogens with zero attached hydrogens (tertiary/aromatic N) is 1. The smallest absolute Gasteiger partial charge is 0.252 e. The highest BCUT2D eigenvalue weighted by Gasteiger charge is 2.32. The average molecular weight is 457 g/mol. The second kappa shape index (κ2) is 11.4. The van der Waals surface area contributed by atoms with Crippen LogP contribution in [0.25, 0.3) is 0 Å². The molecule has 8 heteroatoms. The van der Waals surface area contributed by atoms with E-state index in [0.717, 1.165) is 0 Å². The van der Waals surface area contributed by atoms with E-state index >= 15 is 0 Å². The van der Waals surface area contributed by atoms with Gasteiger partial charge in [0, 0.05) is 12.0 Å². The largest absolute Gasteiger partial charge is 0.381 e. The van der Waals surface area contributed by atoms with Crippen LogP contribution in [-0.4, -0.2) is 35.0 Å². The van der Waals surface area contributed by atoms with Crippen LogP contribution >= 0.6 is 0 Å². The lowest BCUT2D eigenvalue weighted by Crippen LogP contribution is -2.52. The Morgan fingerprint density at radius 3 is 2.09 bits per heavy atom. The van der Waals surface area contributed by atoms with Crippen LogP contribution in [0.15, 0.2) is 84.9 Å². The van der Waals surface area contributed by atoms with Gasteiger partial charge in [-0.25, -0.2) is 0 Å². The fourth-order valence-electron chi connectivity index (χ4n) is 3.48. The zero-order valence-corrected chi connectivity index (χ0v) is 18.2. The molecule has 0 aliphatic heterocycles. The summed E-state index contributed by atoms with van der Waals surface area (Å²) in [6.45, 7) is 0. The first kappa shape index (κ1) is 24.2. The number of carbonyl (C=O) groups is 3. The monoisotopic (exact) mass is 456 g/mol. The van der Waals surface area contributed by atoms with Gasteiger partial charge in [0.15, 0.2) is 6.10 Å². The summed E-state index contributed by atoms with van der Waals surface area (Å²) < 4.78 is 0. The van der Waals surface area contributed by atoms with Gasteiger partial charge in [0.1, 0.15) is 6.04 Å². The van der Waals surface area contributed by atoms with E-state index in [1.807, 2.05) is 6.07 Å². The molecule has 3 amide bonds. The Morgan fingerprint density at radius 2 is 1.47 bits per heavy atom. The summed E-state index contributed by atoms with van der Waals surface area (Å²) in [5, 5.41) is 25.3. The van der Waals surface area contributed by atoms with E-state index in [4.69, 9.17) is 5.73 Å². The van der Waals surface area contributed by atoms with E-state index in [1.54, 1.807) is 84.9 Å². The average Bonchev–Trinajstić information content (AvgIpc) is 2.87. The van der Waals surface area contributed by atoms with Crippen molar-refractivity contribution >= 4 is 17.7 Å². The number of aliphatic hydroxyl groups is 1. The van der Waals surface area contributed by atoms with E-state index in [-0.39, 0.29) is 6.42 Å². The molecule has 172 valence electrons. The van der Waals surface area contributed by atoms with Crippen molar-refractivity contribution < 1.29 is 19.5 Å². The number of nitriles is 1. The lowest BCUT2D eigenvalue weighted by atomic mass is 9.98. The normalized spacial score (nSPS) is 13.1. The van der Waals surface area contributed by atoms with E-state index in [0.29, 0.717) is 22.3 Å². The zero-order chi connectivity index (χ0) is 24.5. The van der Waals surface area contributed by atoms with Crippen molar-refractivity contribution in [2.75, 3.05) is 0 Å². The van der Waals surface area contributed by atoms with Crippen LogP contribution < -0.4 is 16.4 Å². The third-order valence-corrected chi connectivity index (χ3v) is 5.29. The molecule has 0 aliphatic rings. The Morgan fingerprint density at radius 1 is 0.882 bits per heavy atom. The molecule has 0 fully saturated rings. The molecule has 0 unspecified atom stereocenters. The Kier molecular flexibility index (Phi) is 8.11. The quantitative estimate of drug-likeness (QED) is 0.386. The van der Waals surface area contributed by atoms with Gasteiger partial charge in [-0.3, -0.25) is 14.4 Å². The topological polar surface area (TPSA) is 145 Å². The van der Waals surface area contributed by atoms with Crippen LogP contribution in [0.2, 0.25) is 0 Å². The molecule has 0 aromatic heterocycles. The summed E-state index contributed by atoms with van der Waals surface area (Å²) in [5.74, 6) is -2.19. The van der Waals surface area contributed by atoms with Crippen molar-refractivity contribution in [1.29, 1.82) is 5.26 Å². The Balaban J connectivity index is 1.81. The molecule has 0 saturated heterocycles. The second-order valence-electron chi connectivity index (χ2n) is 7.61. The standard InChI is InChI=1S/C26H24N4O4/c27-16-20-14-8-7-13-19(20)15-21(24(28)32)29-26(34)23(31)22(17-9-3-1-4-10-17)30-25(33)18-11-5-2-6-12-18/h1-14,21-23,31H,15H2,(H2,28,32)(H,29,34)(H,30,33)/t21-,22+,23-/m1/s1. The van der Waals surface area contributed by atoms with Crippen LogP contribution in [0.5, 0.6) is 0 Å². The molecule has 34 heavy (non-hydrogen) atoms. The third-order valence-electron chi connectivity index (χ3n) is 5.29. The summed E-state index contributed by atoms with van der Waals surface area (Å²) in [6.07, 6.45) is -1.74. The fourth-order valence-corrected chi connectivity index (χ4v) is 3.48. The molecular weight excluding hydrogens is 432 g/mol. The van der Waals surface area contributed by atoms with E-state index in [9.17, 15) is 24.8 Å². The predicted molar refractivity (Wildman–Crippen MR) is 125 cm³/mol. The molecule has 3 rings (SSSR count). The van der Waals surface area contributed by atoms with Crippen LogP contribution in [0, 0.1) is 11.3 Å². The number of nitrogens with one attached hydrogen (secondary N) is 2. The lowest BCUT2D eigenvalue weighted by molar-refractivity contribution is -0.134. The van der Waals surface area contributed by atoms with Gasteiger partial charge < -0.3 is 21.5 Å². The third kappa shape index (κ3) is 6.06. The van der Waals surface area contributed by atoms with Crippen LogP contribution in [0.4, 0.5) is 0 Å². The highest BCUT2D eigenvalue weighted by atomic mass is 16.3. The molecule has 0 saturated carbocycles. The lowest BCUT2D eigenvalue weighted by Gasteiger charge is -2.26. The maximum atomic E-state index is 13.0. The van der Waals surface area contributed by atoms with Crippen molar-refractivity contribution in [2.45, 2.75) is 24.6 Å². The van der Waals surface area contributed by atoms with Gasteiger partial charge in [0.05, 0.1) is 17.7 Å². The summed E-state index contributed by atoms with van der Waals surface area (Å²) in [6, 6.07) is 23.3. The maximum absolute atomic E-state index is 13.0.